The standard InChI is InChI=1S/C14H18N2/c1-16-11-9-14(12-16)15-10-5-8-13-6-3-2-4-7-13/h2-4,6-7,14-15H,9-12H2,1H3. The first kappa shape index (κ1) is 11.2. The number of hydrogen-bond donors (Lipinski definition) is 1. The lowest BCUT2D eigenvalue weighted by Gasteiger charge is -2.09. The van der Waals surface area contributed by atoms with E-state index >= 15 is 0 Å². The van der Waals surface area contributed by atoms with E-state index in [1.807, 2.05) is 30.3 Å². The molecule has 0 bridgehead atoms. The molecular weight excluding hydrogens is 196 g/mol. The van der Waals surface area contributed by atoms with Crippen molar-refractivity contribution < 1.29 is 0 Å². The van der Waals surface area contributed by atoms with E-state index in [2.05, 4.69) is 29.1 Å². The average molecular weight is 214 g/mol. The highest BCUT2D eigenvalue weighted by atomic mass is 15.2. The zero-order valence-corrected chi connectivity index (χ0v) is 9.74. The second-order valence-electron chi connectivity index (χ2n) is 4.30. The fourth-order valence-electron chi connectivity index (χ4n) is 1.96. The highest BCUT2D eigenvalue weighted by Gasteiger charge is 2.17. The molecule has 0 spiro atoms. The quantitative estimate of drug-likeness (QED) is 0.747. The van der Waals surface area contributed by atoms with Crippen molar-refractivity contribution in [1.29, 1.82) is 0 Å². The topological polar surface area (TPSA) is 15.3 Å². The molecule has 2 nitrogen and oxygen atoms in total. The van der Waals surface area contributed by atoms with Crippen LogP contribution in [0.4, 0.5) is 0 Å². The zero-order valence-electron chi connectivity index (χ0n) is 9.74. The Morgan fingerprint density at radius 1 is 1.38 bits per heavy atom. The summed E-state index contributed by atoms with van der Waals surface area (Å²) in [6.07, 6.45) is 1.24. The first-order valence-corrected chi connectivity index (χ1v) is 5.80. The van der Waals surface area contributed by atoms with Gasteiger partial charge in [0, 0.05) is 18.2 Å². The minimum absolute atomic E-state index is 0.620. The summed E-state index contributed by atoms with van der Waals surface area (Å²) in [6, 6.07) is 10.7. The molecule has 1 aromatic rings. The fourth-order valence-corrected chi connectivity index (χ4v) is 1.96. The van der Waals surface area contributed by atoms with Crippen LogP contribution in [0.25, 0.3) is 0 Å². The van der Waals surface area contributed by atoms with Gasteiger partial charge in [0.2, 0.25) is 0 Å². The first-order chi connectivity index (χ1) is 7.84. The monoisotopic (exact) mass is 214 g/mol. The maximum absolute atomic E-state index is 3.47. The summed E-state index contributed by atoms with van der Waals surface area (Å²) < 4.78 is 0. The van der Waals surface area contributed by atoms with E-state index in [0.717, 1.165) is 18.7 Å². The van der Waals surface area contributed by atoms with Gasteiger partial charge in [0.15, 0.2) is 0 Å². The molecule has 84 valence electrons. The van der Waals surface area contributed by atoms with Crippen LogP contribution in [0.3, 0.4) is 0 Å². The van der Waals surface area contributed by atoms with Crippen LogP contribution >= 0.6 is 0 Å². The van der Waals surface area contributed by atoms with Crippen molar-refractivity contribution >= 4 is 0 Å². The minimum Gasteiger partial charge on any atom is -0.305 e. The van der Waals surface area contributed by atoms with Crippen LogP contribution in [0, 0.1) is 11.8 Å². The molecule has 0 saturated carbocycles. The summed E-state index contributed by atoms with van der Waals surface area (Å²) in [4.78, 5) is 2.35. The highest BCUT2D eigenvalue weighted by Crippen LogP contribution is 2.05. The number of nitrogens with one attached hydrogen (secondary N) is 1. The number of hydrogen-bond acceptors (Lipinski definition) is 2. The van der Waals surface area contributed by atoms with Gasteiger partial charge in [0.1, 0.15) is 0 Å². The Morgan fingerprint density at radius 3 is 2.88 bits per heavy atom. The molecule has 0 aromatic heterocycles. The normalized spacial score (nSPS) is 20.4. The molecular formula is C14H18N2. The largest absolute Gasteiger partial charge is 0.305 e. The lowest BCUT2D eigenvalue weighted by Crippen LogP contribution is -2.31. The van der Waals surface area contributed by atoms with Crippen LogP contribution in [-0.4, -0.2) is 37.6 Å². The van der Waals surface area contributed by atoms with Gasteiger partial charge >= 0.3 is 0 Å². The maximum atomic E-state index is 3.47. The molecule has 1 aliphatic rings. The van der Waals surface area contributed by atoms with E-state index in [1.54, 1.807) is 0 Å². The van der Waals surface area contributed by atoms with Gasteiger partial charge < -0.3 is 10.2 Å². The summed E-state index contributed by atoms with van der Waals surface area (Å²) in [6.45, 7) is 3.13. The second kappa shape index (κ2) is 5.69. The van der Waals surface area contributed by atoms with Crippen LogP contribution in [0.2, 0.25) is 0 Å². The third-order valence-electron chi connectivity index (χ3n) is 2.88. The Balaban J connectivity index is 1.74. The SMILES string of the molecule is CN1CCC(NCC#Cc2ccccc2)C1. The first-order valence-electron chi connectivity index (χ1n) is 5.80. The van der Waals surface area contributed by atoms with Crippen molar-refractivity contribution in [2.24, 2.45) is 0 Å². The van der Waals surface area contributed by atoms with Gasteiger partial charge in [-0.1, -0.05) is 30.0 Å². The lowest BCUT2D eigenvalue weighted by atomic mass is 10.2. The van der Waals surface area contributed by atoms with E-state index in [0.29, 0.717) is 6.04 Å². The minimum atomic E-state index is 0.620. The number of likely N-dealkylation sites (N-methyl/N-ethyl adjacent to an activating group) is 1. The van der Waals surface area contributed by atoms with Gasteiger partial charge in [-0.3, -0.25) is 0 Å². The number of benzene rings is 1. The Morgan fingerprint density at radius 2 is 2.19 bits per heavy atom. The van der Waals surface area contributed by atoms with Crippen molar-refractivity contribution in [3.8, 4) is 11.8 Å². The molecule has 1 aliphatic heterocycles. The summed E-state index contributed by atoms with van der Waals surface area (Å²) >= 11 is 0. The van der Waals surface area contributed by atoms with Gasteiger partial charge in [-0.2, -0.15) is 0 Å². The van der Waals surface area contributed by atoms with Crippen LogP contribution in [0.15, 0.2) is 30.3 Å². The molecule has 0 amide bonds. The van der Waals surface area contributed by atoms with Crippen LogP contribution in [0.5, 0.6) is 0 Å². The van der Waals surface area contributed by atoms with E-state index < -0.39 is 0 Å². The van der Waals surface area contributed by atoms with Crippen LogP contribution < -0.4 is 5.32 Å². The van der Waals surface area contributed by atoms with Gasteiger partial charge in [-0.25, -0.2) is 0 Å². The van der Waals surface area contributed by atoms with E-state index in [9.17, 15) is 0 Å². The zero-order chi connectivity index (χ0) is 11.2. The summed E-state index contributed by atoms with van der Waals surface area (Å²) in [7, 11) is 2.16. The number of likely N-dealkylation sites (tertiary alicyclic amines) is 1. The smallest absolute Gasteiger partial charge is 0.0582 e. The van der Waals surface area contributed by atoms with Crippen molar-refractivity contribution in [2.45, 2.75) is 12.5 Å². The molecule has 1 unspecified atom stereocenters. The van der Waals surface area contributed by atoms with Gasteiger partial charge in [0.25, 0.3) is 0 Å². The molecule has 1 fully saturated rings. The van der Waals surface area contributed by atoms with Gasteiger partial charge in [0.05, 0.1) is 6.54 Å². The molecule has 1 N–H and O–H groups in total. The molecule has 2 heteroatoms. The molecule has 0 radical (unpaired) electrons. The van der Waals surface area contributed by atoms with Crippen molar-refractivity contribution in [2.75, 3.05) is 26.7 Å². The Kier molecular flexibility index (Phi) is 3.98. The second-order valence-corrected chi connectivity index (χ2v) is 4.30. The molecule has 1 aromatic carbocycles. The van der Waals surface area contributed by atoms with E-state index in [1.165, 1.54) is 13.0 Å². The summed E-state index contributed by atoms with van der Waals surface area (Å²) in [5.74, 6) is 6.32. The molecule has 1 saturated heterocycles. The number of rotatable bonds is 2. The van der Waals surface area contributed by atoms with E-state index in [-0.39, 0.29) is 0 Å². The lowest BCUT2D eigenvalue weighted by molar-refractivity contribution is 0.401. The maximum Gasteiger partial charge on any atom is 0.0582 e. The van der Waals surface area contributed by atoms with Crippen molar-refractivity contribution in [3.05, 3.63) is 35.9 Å². The van der Waals surface area contributed by atoms with Crippen LogP contribution in [-0.2, 0) is 0 Å². The summed E-state index contributed by atoms with van der Waals surface area (Å²) in [5.41, 5.74) is 1.09. The van der Waals surface area contributed by atoms with Crippen molar-refractivity contribution in [3.63, 3.8) is 0 Å². The predicted molar refractivity (Wildman–Crippen MR) is 67.2 cm³/mol. The molecule has 2 rings (SSSR count). The van der Waals surface area contributed by atoms with Crippen molar-refractivity contribution in [1.82, 2.24) is 10.2 Å². The third-order valence-corrected chi connectivity index (χ3v) is 2.88. The number of nitrogens with zero attached hydrogens (tertiary/aromatic N) is 1. The molecule has 0 aliphatic carbocycles. The van der Waals surface area contributed by atoms with E-state index in [4.69, 9.17) is 0 Å². The predicted octanol–water partition coefficient (Wildman–Crippen LogP) is 1.33. The Hall–Kier alpha value is -1.30. The molecule has 1 atom stereocenters. The van der Waals surface area contributed by atoms with Gasteiger partial charge in [-0.05, 0) is 32.1 Å². The van der Waals surface area contributed by atoms with Gasteiger partial charge in [-0.15, -0.1) is 0 Å². The fraction of sp³-hybridized carbons (Fsp3) is 0.429. The molecule has 1 heterocycles. The average Bonchev–Trinajstić information content (AvgIpc) is 2.72. The highest BCUT2D eigenvalue weighted by molar-refractivity contribution is 5.33. The molecule has 16 heavy (non-hydrogen) atoms. The third kappa shape index (κ3) is 3.37. The Labute approximate surface area is 97.7 Å². The summed E-state index contributed by atoms with van der Waals surface area (Å²) in [5, 5.41) is 3.47. The Bertz CT molecular complexity index is 375. The van der Waals surface area contributed by atoms with Crippen LogP contribution in [0.1, 0.15) is 12.0 Å².